The van der Waals surface area contributed by atoms with Gasteiger partial charge < -0.3 is 20.1 Å². The zero-order valence-electron chi connectivity index (χ0n) is 36.3. The average molecular weight is 822 g/mol. The molecule has 0 aliphatic rings. The highest BCUT2D eigenvalue weighted by Crippen LogP contribution is 2.42. The van der Waals surface area contributed by atoms with Crippen LogP contribution in [0.5, 0.6) is 0 Å². The monoisotopic (exact) mass is 822 g/mol. The quantitative estimate of drug-likeness (QED) is 0.0240. The number of ether oxygens (including phenoxy) is 1. The highest BCUT2D eigenvalue weighted by atomic mass is 31.2. The number of unbranched alkanes of at least 4 members (excludes halogenated alkanes) is 19. The summed E-state index contributed by atoms with van der Waals surface area (Å²) in [5.74, 6) is -0.540. The van der Waals surface area contributed by atoms with Crippen LogP contribution in [0.4, 0.5) is 0 Å². The zero-order chi connectivity index (χ0) is 41.8. The van der Waals surface area contributed by atoms with Gasteiger partial charge in [-0.15, -0.1) is 0 Å². The number of allylic oxidation sites excluding steroid dienone is 10. The smallest absolute Gasteiger partial charge is 0.463 e. The van der Waals surface area contributed by atoms with E-state index < -0.39 is 26.5 Å². The Hall–Kier alpha value is -2.29. The van der Waals surface area contributed by atoms with Gasteiger partial charge in [0, 0.05) is 19.4 Å². The van der Waals surface area contributed by atoms with Crippen LogP contribution >= 0.6 is 7.82 Å². The summed E-state index contributed by atoms with van der Waals surface area (Å²) in [4.78, 5) is 33.9. The lowest BCUT2D eigenvalue weighted by atomic mass is 10.1. The summed E-state index contributed by atoms with van der Waals surface area (Å²) in [6, 6.07) is 0. The molecule has 0 heterocycles. The lowest BCUT2D eigenvalue weighted by Gasteiger charge is -2.15. The highest BCUT2D eigenvalue weighted by molar-refractivity contribution is 7.47. The number of aliphatic hydroxyl groups excluding tert-OH is 1. The minimum absolute atomic E-state index is 0.0732. The van der Waals surface area contributed by atoms with Crippen molar-refractivity contribution in [3.8, 4) is 0 Å². The van der Waals surface area contributed by atoms with E-state index in [-0.39, 0.29) is 32.1 Å². The van der Waals surface area contributed by atoms with Gasteiger partial charge >= 0.3 is 13.8 Å². The predicted molar refractivity (Wildman–Crippen MR) is 238 cm³/mol. The fourth-order valence-corrected chi connectivity index (χ4v) is 6.70. The number of hydrogen-bond donors (Lipinski definition) is 3. The van der Waals surface area contributed by atoms with Crippen LogP contribution in [0.15, 0.2) is 60.8 Å². The van der Waals surface area contributed by atoms with Crippen LogP contribution in [0.25, 0.3) is 0 Å². The average Bonchev–Trinajstić information content (AvgIpc) is 3.20. The minimum Gasteiger partial charge on any atom is -0.463 e. The number of carbonyl (C=O) groups is 2. The van der Waals surface area contributed by atoms with E-state index in [9.17, 15) is 24.2 Å². The molecule has 9 nitrogen and oxygen atoms in total. The molecule has 0 saturated carbocycles. The number of phosphoric ester groups is 1. The number of phosphoric acid groups is 1. The third kappa shape index (κ3) is 44.7. The van der Waals surface area contributed by atoms with Crippen molar-refractivity contribution in [2.24, 2.45) is 0 Å². The van der Waals surface area contributed by atoms with E-state index in [1.807, 2.05) is 0 Å². The Kier molecular flexibility index (Phi) is 41.6. The van der Waals surface area contributed by atoms with E-state index in [0.29, 0.717) is 6.42 Å². The topological polar surface area (TPSA) is 131 Å². The van der Waals surface area contributed by atoms with Gasteiger partial charge in [0.05, 0.1) is 13.2 Å². The van der Waals surface area contributed by atoms with Gasteiger partial charge in [-0.1, -0.05) is 158 Å². The van der Waals surface area contributed by atoms with E-state index in [1.165, 1.54) is 83.5 Å². The number of hydrogen-bond acceptors (Lipinski definition) is 7. The van der Waals surface area contributed by atoms with Crippen molar-refractivity contribution in [1.82, 2.24) is 5.32 Å². The number of carbonyl (C=O) groups excluding carboxylic acids is 2. The Balaban J connectivity index is 3.62. The van der Waals surface area contributed by atoms with Gasteiger partial charge in [-0.25, -0.2) is 4.57 Å². The van der Waals surface area contributed by atoms with Gasteiger partial charge in [0.15, 0.2) is 0 Å². The van der Waals surface area contributed by atoms with E-state index >= 15 is 0 Å². The minimum atomic E-state index is -4.43. The van der Waals surface area contributed by atoms with Gasteiger partial charge in [0.1, 0.15) is 12.7 Å². The first kappa shape index (κ1) is 54.7. The molecule has 2 unspecified atom stereocenters. The third-order valence-corrected chi connectivity index (χ3v) is 10.4. The number of amides is 1. The second kappa shape index (κ2) is 43.3. The SMILES string of the molecule is CCCCC/C=C\C/C=C\C/C=C\CCCCCCCCCCC(=O)NCCOP(=O)(O)OCC(O)COC(=O)CCCCCCC/C=C\C/C=C\CCCCC. The van der Waals surface area contributed by atoms with Crippen LogP contribution in [0.3, 0.4) is 0 Å². The summed E-state index contributed by atoms with van der Waals surface area (Å²) in [7, 11) is -4.43. The first-order valence-corrected chi connectivity index (χ1v) is 24.3. The molecule has 0 aliphatic carbocycles. The molecule has 0 bridgehead atoms. The number of rotatable bonds is 42. The van der Waals surface area contributed by atoms with Crippen LogP contribution < -0.4 is 5.32 Å². The maximum atomic E-state index is 12.1. The summed E-state index contributed by atoms with van der Waals surface area (Å²) in [5.41, 5.74) is 0. The fraction of sp³-hybridized carbons (Fsp3) is 0.745. The van der Waals surface area contributed by atoms with E-state index in [1.54, 1.807) is 0 Å². The molecular weight excluding hydrogens is 737 g/mol. The molecule has 0 fully saturated rings. The van der Waals surface area contributed by atoms with Crippen LogP contribution in [0.2, 0.25) is 0 Å². The first-order chi connectivity index (χ1) is 27.8. The predicted octanol–water partition coefficient (Wildman–Crippen LogP) is 12.9. The number of esters is 1. The Morgan fingerprint density at radius 3 is 1.42 bits per heavy atom. The van der Waals surface area contributed by atoms with Crippen LogP contribution in [0, 0.1) is 0 Å². The first-order valence-electron chi connectivity index (χ1n) is 22.8. The molecule has 0 aromatic heterocycles. The molecule has 330 valence electrons. The lowest BCUT2D eigenvalue weighted by molar-refractivity contribution is -0.147. The van der Waals surface area contributed by atoms with Crippen molar-refractivity contribution < 1.29 is 37.9 Å². The second-order valence-electron chi connectivity index (χ2n) is 15.0. The molecule has 2 atom stereocenters. The molecule has 0 aliphatic heterocycles. The summed E-state index contributed by atoms with van der Waals surface area (Å²) in [6.07, 6.45) is 51.4. The summed E-state index contributed by atoms with van der Waals surface area (Å²) < 4.78 is 26.9. The molecule has 1 amide bonds. The van der Waals surface area contributed by atoms with Gasteiger partial charge in [0.25, 0.3) is 0 Å². The zero-order valence-corrected chi connectivity index (χ0v) is 37.2. The van der Waals surface area contributed by atoms with Gasteiger partial charge in [-0.05, 0) is 83.5 Å². The van der Waals surface area contributed by atoms with E-state index in [2.05, 4.69) is 79.9 Å². The van der Waals surface area contributed by atoms with E-state index in [4.69, 9.17) is 13.8 Å². The molecule has 0 saturated heterocycles. The van der Waals surface area contributed by atoms with Crippen molar-refractivity contribution in [2.75, 3.05) is 26.4 Å². The van der Waals surface area contributed by atoms with Crippen molar-refractivity contribution in [1.29, 1.82) is 0 Å². The Morgan fingerprint density at radius 1 is 0.544 bits per heavy atom. The Morgan fingerprint density at radius 2 is 0.947 bits per heavy atom. The Bertz CT molecular complexity index is 1120. The fourth-order valence-electron chi connectivity index (χ4n) is 5.95. The summed E-state index contributed by atoms with van der Waals surface area (Å²) >= 11 is 0. The molecule has 57 heavy (non-hydrogen) atoms. The maximum absolute atomic E-state index is 12.1. The number of nitrogens with one attached hydrogen (secondary N) is 1. The molecule has 0 aromatic rings. The standard InChI is InChI=1S/C47H84NO8P/c1-3-5-7-9-11-13-15-17-19-20-21-22-23-24-26-27-29-31-33-35-37-39-46(50)48-41-42-55-57(52,53)56-44-45(49)43-54-47(51)40-38-36-34-32-30-28-25-18-16-14-12-10-8-6-4-2/h11-14,17-19,21-22,25,45,49H,3-10,15-16,20,23-24,26-44H2,1-2H3,(H,48,50)(H,52,53)/b13-11-,14-12-,19-17-,22-21-,25-18-. The van der Waals surface area contributed by atoms with Gasteiger partial charge in [0.2, 0.25) is 5.91 Å². The highest BCUT2D eigenvalue weighted by Gasteiger charge is 2.23. The third-order valence-electron chi connectivity index (χ3n) is 9.42. The maximum Gasteiger partial charge on any atom is 0.472 e. The molecular formula is C47H84NO8P. The van der Waals surface area contributed by atoms with Crippen molar-refractivity contribution >= 4 is 19.7 Å². The molecule has 0 radical (unpaired) electrons. The van der Waals surface area contributed by atoms with Crippen molar-refractivity contribution in [3.05, 3.63) is 60.8 Å². The summed E-state index contributed by atoms with van der Waals surface area (Å²) in [5, 5.41) is 12.7. The number of aliphatic hydroxyl groups is 1. The molecule has 0 spiro atoms. The molecule has 3 N–H and O–H groups in total. The van der Waals surface area contributed by atoms with Crippen LogP contribution in [-0.2, 0) is 27.9 Å². The molecule has 0 rings (SSSR count). The summed E-state index contributed by atoms with van der Waals surface area (Å²) in [6.45, 7) is 3.47. The molecule has 10 heteroatoms. The van der Waals surface area contributed by atoms with Crippen molar-refractivity contribution in [2.45, 2.75) is 200 Å². The second-order valence-corrected chi connectivity index (χ2v) is 16.5. The van der Waals surface area contributed by atoms with E-state index in [0.717, 1.165) is 83.5 Å². The van der Waals surface area contributed by atoms with Gasteiger partial charge in [-0.2, -0.15) is 0 Å². The normalized spacial score (nSPS) is 13.8. The van der Waals surface area contributed by atoms with Crippen LogP contribution in [-0.4, -0.2) is 54.3 Å². The van der Waals surface area contributed by atoms with Gasteiger partial charge in [-0.3, -0.25) is 18.6 Å². The van der Waals surface area contributed by atoms with Crippen LogP contribution in [0.1, 0.15) is 194 Å². The Labute approximate surface area is 348 Å². The largest absolute Gasteiger partial charge is 0.472 e. The molecule has 0 aromatic carbocycles. The van der Waals surface area contributed by atoms with Crippen molar-refractivity contribution in [3.63, 3.8) is 0 Å². The lowest BCUT2D eigenvalue weighted by Crippen LogP contribution is -2.27.